The van der Waals surface area contributed by atoms with E-state index in [0.717, 1.165) is 0 Å². The molecule has 5 aromatic carbocycles. The average Bonchev–Trinajstić information content (AvgIpc) is 2.52. The lowest BCUT2D eigenvalue weighted by molar-refractivity contribution is 1.77. The molecule has 0 atom stereocenters. The molecule has 0 fully saturated rings. The van der Waals surface area contributed by atoms with Gasteiger partial charge in [-0.05, 0) is 61.3 Å². The van der Waals surface area contributed by atoms with Crippen LogP contribution in [0.2, 0.25) is 0 Å². The van der Waals surface area contributed by atoms with Crippen molar-refractivity contribution < 1.29 is 0 Å². The summed E-state index contributed by atoms with van der Waals surface area (Å²) in [5.74, 6) is 0. The van der Waals surface area contributed by atoms with Crippen molar-refractivity contribution in [2.75, 3.05) is 0 Å². The summed E-state index contributed by atoms with van der Waals surface area (Å²) in [6, 6.07) is 28.1. The van der Waals surface area contributed by atoms with Gasteiger partial charge in [0, 0.05) is 0 Å². The van der Waals surface area contributed by atoms with Crippen LogP contribution in [-0.2, 0) is 0 Å². The molecular formula is C20H10. The van der Waals surface area contributed by atoms with Gasteiger partial charge in [-0.2, -0.15) is 0 Å². The number of hydrogen-bond acceptors (Lipinski definition) is 0. The van der Waals surface area contributed by atoms with E-state index >= 15 is 0 Å². The Morgan fingerprint density at radius 2 is 1.25 bits per heavy atom. The fourth-order valence-electron chi connectivity index (χ4n) is 3.42. The van der Waals surface area contributed by atoms with E-state index < -0.39 is 0 Å². The minimum atomic E-state index is 1.18. The summed E-state index contributed by atoms with van der Waals surface area (Å²) in [7, 11) is 0. The highest BCUT2D eigenvalue weighted by Crippen LogP contribution is 2.39. The molecule has 0 heterocycles. The van der Waals surface area contributed by atoms with Crippen LogP contribution in [0.15, 0.2) is 60.7 Å². The van der Waals surface area contributed by atoms with E-state index in [1.165, 1.54) is 43.1 Å². The molecule has 0 aromatic heterocycles. The molecule has 0 unspecified atom stereocenters. The number of hydrogen-bond donors (Lipinski definition) is 0. The quantitative estimate of drug-likeness (QED) is 0.257. The number of benzene rings is 5. The van der Waals surface area contributed by atoms with Crippen LogP contribution in [0.1, 0.15) is 0 Å². The predicted molar refractivity (Wildman–Crippen MR) is 85.3 cm³/mol. The first-order chi connectivity index (χ1) is 9.93. The molecule has 0 heteroatoms. The molecule has 0 N–H and O–H groups in total. The van der Waals surface area contributed by atoms with E-state index in [9.17, 15) is 0 Å². The van der Waals surface area contributed by atoms with E-state index in [4.69, 9.17) is 0 Å². The lowest BCUT2D eigenvalue weighted by Crippen LogP contribution is -1.86. The second-order valence-corrected chi connectivity index (χ2v) is 5.27. The van der Waals surface area contributed by atoms with Gasteiger partial charge in [-0.15, -0.1) is 0 Å². The van der Waals surface area contributed by atoms with Gasteiger partial charge < -0.3 is 0 Å². The zero-order chi connectivity index (χ0) is 13.1. The molecule has 0 aliphatic heterocycles. The smallest absolute Gasteiger partial charge is 0.000696 e. The molecule has 0 spiro atoms. The lowest BCUT2D eigenvalue weighted by Gasteiger charge is -2.13. The van der Waals surface area contributed by atoms with Gasteiger partial charge in [0.15, 0.2) is 0 Å². The Bertz CT molecular complexity index is 917. The standard InChI is InChI=1S/C20H10/c1-5-13-6-2-11-17-18-12-4-8-14-7-3-10-16(20(14)18)15(9-1)19(13)17/h1-3,5-11H. The van der Waals surface area contributed by atoms with Crippen LogP contribution in [0.5, 0.6) is 0 Å². The Labute approximate surface area is 116 Å². The Morgan fingerprint density at radius 3 is 2.05 bits per heavy atom. The highest BCUT2D eigenvalue weighted by molar-refractivity contribution is 6.32. The first-order valence-electron chi connectivity index (χ1n) is 6.81. The molecule has 20 heavy (non-hydrogen) atoms. The summed E-state index contributed by atoms with van der Waals surface area (Å²) in [5, 5.41) is 10.3. The maximum absolute atomic E-state index is 3.33. The molecule has 0 aliphatic carbocycles. The van der Waals surface area contributed by atoms with Gasteiger partial charge in [-0.1, -0.05) is 54.6 Å². The van der Waals surface area contributed by atoms with E-state index in [2.05, 4.69) is 66.7 Å². The van der Waals surface area contributed by atoms with Crippen molar-refractivity contribution in [3.05, 3.63) is 72.8 Å². The third-order valence-corrected chi connectivity index (χ3v) is 4.24. The van der Waals surface area contributed by atoms with E-state index in [-0.39, 0.29) is 0 Å². The summed E-state index contributed by atoms with van der Waals surface area (Å²) >= 11 is 0. The average molecular weight is 250 g/mol. The third-order valence-electron chi connectivity index (χ3n) is 4.24. The molecular weight excluding hydrogens is 240 g/mol. The molecule has 2 radical (unpaired) electrons. The molecule has 0 saturated heterocycles. The van der Waals surface area contributed by atoms with Crippen molar-refractivity contribution in [3.63, 3.8) is 0 Å². The lowest BCUT2D eigenvalue weighted by atomic mass is 9.90. The predicted octanol–water partition coefficient (Wildman–Crippen LogP) is 5.34. The summed E-state index contributed by atoms with van der Waals surface area (Å²) in [5.41, 5.74) is 0. The van der Waals surface area contributed by atoms with Crippen LogP contribution < -0.4 is 0 Å². The second-order valence-electron chi connectivity index (χ2n) is 5.27. The maximum Gasteiger partial charge on any atom is -0.000696 e. The fourth-order valence-corrected chi connectivity index (χ4v) is 3.42. The minimum absolute atomic E-state index is 1.18. The maximum atomic E-state index is 3.33. The molecule has 90 valence electrons. The monoisotopic (exact) mass is 250 g/mol. The van der Waals surface area contributed by atoms with Crippen LogP contribution in [0, 0.1) is 12.1 Å². The molecule has 5 rings (SSSR count). The van der Waals surface area contributed by atoms with E-state index in [1.807, 2.05) is 6.07 Å². The first-order valence-corrected chi connectivity index (χ1v) is 6.81. The van der Waals surface area contributed by atoms with Crippen LogP contribution in [0.3, 0.4) is 0 Å². The normalized spacial score (nSPS) is 12.0. The SMILES string of the molecule is [c]1[c]c2c3cccc4cccc(c5cccc(c1)c25)c43. The van der Waals surface area contributed by atoms with Gasteiger partial charge in [0.25, 0.3) is 0 Å². The molecule has 0 nitrogen and oxygen atoms in total. The molecule has 0 aliphatic rings. The van der Waals surface area contributed by atoms with Crippen molar-refractivity contribution in [2.45, 2.75) is 0 Å². The molecule has 5 aromatic rings. The van der Waals surface area contributed by atoms with Crippen LogP contribution in [-0.4, -0.2) is 0 Å². The summed E-state index contributed by atoms with van der Waals surface area (Å²) in [4.78, 5) is 0. The van der Waals surface area contributed by atoms with Gasteiger partial charge in [0.05, 0.1) is 0 Å². The summed E-state index contributed by atoms with van der Waals surface area (Å²) in [6.45, 7) is 0. The Kier molecular flexibility index (Phi) is 1.78. The van der Waals surface area contributed by atoms with Crippen molar-refractivity contribution in [1.82, 2.24) is 0 Å². The first kappa shape index (κ1) is 10.2. The van der Waals surface area contributed by atoms with Gasteiger partial charge in [-0.25, -0.2) is 0 Å². The van der Waals surface area contributed by atoms with E-state index in [1.54, 1.807) is 0 Å². The minimum Gasteiger partial charge on any atom is -0.0610 e. The molecule has 0 saturated carbocycles. The van der Waals surface area contributed by atoms with Crippen molar-refractivity contribution in [2.24, 2.45) is 0 Å². The number of fused-ring (bicyclic) bond motifs is 2. The highest BCUT2D eigenvalue weighted by Gasteiger charge is 2.11. The highest BCUT2D eigenvalue weighted by atomic mass is 14.1. The number of rotatable bonds is 0. The Hall–Kier alpha value is -2.60. The third kappa shape index (κ3) is 1.12. The van der Waals surface area contributed by atoms with Gasteiger partial charge in [-0.3, -0.25) is 0 Å². The molecule has 0 amide bonds. The summed E-state index contributed by atoms with van der Waals surface area (Å²) < 4.78 is 0. The van der Waals surface area contributed by atoms with Crippen LogP contribution >= 0.6 is 0 Å². The van der Waals surface area contributed by atoms with Gasteiger partial charge in [0.2, 0.25) is 0 Å². The Balaban J connectivity index is 2.32. The van der Waals surface area contributed by atoms with Crippen LogP contribution in [0.25, 0.3) is 43.1 Å². The largest absolute Gasteiger partial charge is 0.0610 e. The topological polar surface area (TPSA) is 0 Å². The Morgan fingerprint density at radius 1 is 0.600 bits per heavy atom. The van der Waals surface area contributed by atoms with Gasteiger partial charge >= 0.3 is 0 Å². The second kappa shape index (κ2) is 3.49. The van der Waals surface area contributed by atoms with Crippen molar-refractivity contribution in [3.8, 4) is 0 Å². The molecule has 0 bridgehead atoms. The zero-order valence-electron chi connectivity index (χ0n) is 10.8. The van der Waals surface area contributed by atoms with Crippen molar-refractivity contribution >= 4 is 43.1 Å². The van der Waals surface area contributed by atoms with Crippen LogP contribution in [0.4, 0.5) is 0 Å². The summed E-state index contributed by atoms with van der Waals surface area (Å²) in [6.07, 6.45) is 0. The van der Waals surface area contributed by atoms with Crippen molar-refractivity contribution in [1.29, 1.82) is 0 Å². The fraction of sp³-hybridized carbons (Fsp3) is 0. The van der Waals surface area contributed by atoms with E-state index in [0.29, 0.717) is 0 Å². The zero-order valence-corrected chi connectivity index (χ0v) is 10.8. The van der Waals surface area contributed by atoms with Gasteiger partial charge in [0.1, 0.15) is 0 Å².